The van der Waals surface area contributed by atoms with Gasteiger partial charge in [0.05, 0.1) is 6.10 Å². The molecular weight excluding hydrogens is 218 g/mol. The molecule has 0 radical (unpaired) electrons. The van der Waals surface area contributed by atoms with Crippen LogP contribution in [-0.2, 0) is 17.6 Å². The largest absolute Gasteiger partial charge is 0.382 e. The van der Waals surface area contributed by atoms with Crippen molar-refractivity contribution < 1.29 is 4.74 Å². The smallest absolute Gasteiger partial charge is 0.0558 e. The Morgan fingerprint density at radius 2 is 2.06 bits per heavy atom. The zero-order chi connectivity index (χ0) is 12.0. The van der Waals surface area contributed by atoms with E-state index in [0.29, 0.717) is 12.1 Å². The topological polar surface area (TPSA) is 21.3 Å². The summed E-state index contributed by atoms with van der Waals surface area (Å²) < 4.78 is 5.31. The molecule has 1 N–H and O–H groups in total. The molecule has 1 heterocycles. The van der Waals surface area contributed by atoms with Gasteiger partial charge in [-0.3, -0.25) is 0 Å². The predicted molar refractivity (Wildman–Crippen MR) is 71.3 cm³/mol. The molecule has 0 amide bonds. The molecule has 1 rings (SSSR count). The third-order valence-electron chi connectivity index (χ3n) is 2.94. The maximum atomic E-state index is 5.31. The molecule has 1 aromatic heterocycles. The van der Waals surface area contributed by atoms with Gasteiger partial charge in [0.25, 0.3) is 0 Å². The van der Waals surface area contributed by atoms with Gasteiger partial charge in [-0.2, -0.15) is 0 Å². The lowest BCUT2D eigenvalue weighted by Crippen LogP contribution is -2.31. The van der Waals surface area contributed by atoms with Crippen molar-refractivity contribution in [1.29, 1.82) is 0 Å². The number of hydrogen-bond donors (Lipinski definition) is 1. The van der Waals surface area contributed by atoms with Crippen LogP contribution >= 0.6 is 11.3 Å². The molecule has 0 aromatic carbocycles. The SMILES string of the molecule is CCc1ccc(CC(CC(C)OC)NC)s1. The minimum Gasteiger partial charge on any atom is -0.382 e. The Bertz CT molecular complexity index is 298. The summed E-state index contributed by atoms with van der Waals surface area (Å²) in [6.07, 6.45) is 3.63. The summed E-state index contributed by atoms with van der Waals surface area (Å²) in [4.78, 5) is 2.95. The van der Waals surface area contributed by atoms with Gasteiger partial charge in [0, 0.05) is 22.9 Å². The fraction of sp³-hybridized carbons (Fsp3) is 0.692. The van der Waals surface area contributed by atoms with Crippen LogP contribution in [0.2, 0.25) is 0 Å². The second kappa shape index (κ2) is 7.05. The number of ether oxygens (including phenoxy) is 1. The summed E-state index contributed by atoms with van der Waals surface area (Å²) in [5.74, 6) is 0. The molecule has 0 saturated heterocycles. The molecule has 1 aromatic rings. The number of thiophene rings is 1. The first kappa shape index (κ1) is 13.7. The van der Waals surface area contributed by atoms with E-state index in [-0.39, 0.29) is 0 Å². The van der Waals surface area contributed by atoms with Gasteiger partial charge in [-0.15, -0.1) is 11.3 Å². The second-order valence-corrected chi connectivity index (χ2v) is 5.45. The third-order valence-corrected chi connectivity index (χ3v) is 4.19. The standard InChI is InChI=1S/C13H23NOS/c1-5-12-6-7-13(16-12)9-11(14-3)8-10(2)15-4/h6-7,10-11,14H,5,8-9H2,1-4H3. The van der Waals surface area contributed by atoms with Crippen molar-refractivity contribution in [2.75, 3.05) is 14.2 Å². The maximum absolute atomic E-state index is 5.31. The summed E-state index contributed by atoms with van der Waals surface area (Å²) in [6, 6.07) is 5.01. The van der Waals surface area contributed by atoms with Crippen LogP contribution in [0.3, 0.4) is 0 Å². The third kappa shape index (κ3) is 4.24. The Balaban J connectivity index is 2.49. The minimum absolute atomic E-state index is 0.322. The van der Waals surface area contributed by atoms with Crippen LogP contribution in [0.15, 0.2) is 12.1 Å². The number of nitrogens with one attached hydrogen (secondary N) is 1. The van der Waals surface area contributed by atoms with Crippen LogP contribution in [0.5, 0.6) is 0 Å². The first-order valence-corrected chi connectivity index (χ1v) is 6.78. The van der Waals surface area contributed by atoms with Gasteiger partial charge in [0.15, 0.2) is 0 Å². The first-order chi connectivity index (χ1) is 7.69. The number of aryl methyl sites for hydroxylation is 1. The fourth-order valence-corrected chi connectivity index (χ4v) is 2.80. The van der Waals surface area contributed by atoms with Crippen molar-refractivity contribution in [2.45, 2.75) is 45.3 Å². The van der Waals surface area contributed by atoms with E-state index >= 15 is 0 Å². The van der Waals surface area contributed by atoms with Gasteiger partial charge in [-0.1, -0.05) is 6.92 Å². The van der Waals surface area contributed by atoms with E-state index in [9.17, 15) is 0 Å². The Kier molecular flexibility index (Phi) is 6.03. The van der Waals surface area contributed by atoms with Crippen molar-refractivity contribution >= 4 is 11.3 Å². The minimum atomic E-state index is 0.322. The van der Waals surface area contributed by atoms with Gasteiger partial charge >= 0.3 is 0 Å². The molecule has 2 unspecified atom stereocenters. The lowest BCUT2D eigenvalue weighted by Gasteiger charge is -2.19. The summed E-state index contributed by atoms with van der Waals surface area (Å²) in [5, 5.41) is 3.37. The van der Waals surface area contributed by atoms with Crippen LogP contribution in [0.4, 0.5) is 0 Å². The number of likely N-dealkylation sites (N-methyl/N-ethyl adjacent to an activating group) is 1. The summed E-state index contributed by atoms with van der Waals surface area (Å²) in [5.41, 5.74) is 0. The van der Waals surface area contributed by atoms with Crippen LogP contribution in [0.1, 0.15) is 30.0 Å². The van der Waals surface area contributed by atoms with Gasteiger partial charge in [-0.05, 0) is 45.4 Å². The molecule has 0 fully saturated rings. The highest BCUT2D eigenvalue weighted by atomic mass is 32.1. The highest BCUT2D eigenvalue weighted by molar-refractivity contribution is 7.11. The molecule has 3 heteroatoms. The van der Waals surface area contributed by atoms with E-state index in [1.54, 1.807) is 7.11 Å². The molecule has 0 spiro atoms. The number of rotatable bonds is 7. The Hall–Kier alpha value is -0.380. The van der Waals surface area contributed by atoms with E-state index in [1.165, 1.54) is 9.75 Å². The Morgan fingerprint density at radius 3 is 2.56 bits per heavy atom. The zero-order valence-electron chi connectivity index (χ0n) is 10.7. The molecule has 0 aliphatic carbocycles. The fourth-order valence-electron chi connectivity index (χ4n) is 1.77. The monoisotopic (exact) mass is 241 g/mol. The van der Waals surface area contributed by atoms with Crippen molar-refractivity contribution in [1.82, 2.24) is 5.32 Å². The molecule has 16 heavy (non-hydrogen) atoms. The average molecular weight is 241 g/mol. The summed E-state index contributed by atoms with van der Waals surface area (Å²) in [7, 11) is 3.80. The first-order valence-electron chi connectivity index (χ1n) is 5.97. The van der Waals surface area contributed by atoms with E-state index in [1.807, 2.05) is 18.4 Å². The Labute approximate surface area is 103 Å². The van der Waals surface area contributed by atoms with Crippen molar-refractivity contribution in [2.24, 2.45) is 0 Å². The van der Waals surface area contributed by atoms with Gasteiger partial charge < -0.3 is 10.1 Å². The van der Waals surface area contributed by atoms with Crippen LogP contribution < -0.4 is 5.32 Å². The van der Waals surface area contributed by atoms with Gasteiger partial charge in [0.1, 0.15) is 0 Å². The quantitative estimate of drug-likeness (QED) is 0.792. The highest BCUT2D eigenvalue weighted by Crippen LogP contribution is 2.19. The van der Waals surface area contributed by atoms with E-state index in [0.717, 1.165) is 19.3 Å². The maximum Gasteiger partial charge on any atom is 0.0558 e. The van der Waals surface area contributed by atoms with Crippen LogP contribution in [0.25, 0.3) is 0 Å². The Morgan fingerprint density at radius 1 is 1.38 bits per heavy atom. The van der Waals surface area contributed by atoms with Crippen molar-refractivity contribution in [3.8, 4) is 0 Å². The summed E-state index contributed by atoms with van der Waals surface area (Å²) in [6.45, 7) is 4.33. The second-order valence-electron chi connectivity index (χ2n) is 4.19. The van der Waals surface area contributed by atoms with Gasteiger partial charge in [-0.25, -0.2) is 0 Å². The normalized spacial score (nSPS) is 15.0. The summed E-state index contributed by atoms with van der Waals surface area (Å²) >= 11 is 1.93. The average Bonchev–Trinajstić information content (AvgIpc) is 2.75. The van der Waals surface area contributed by atoms with Gasteiger partial charge in [0.2, 0.25) is 0 Å². The van der Waals surface area contributed by atoms with Crippen molar-refractivity contribution in [3.05, 3.63) is 21.9 Å². The van der Waals surface area contributed by atoms with Crippen molar-refractivity contribution in [3.63, 3.8) is 0 Å². The van der Waals surface area contributed by atoms with E-state index in [2.05, 4.69) is 31.3 Å². The molecule has 2 nitrogen and oxygen atoms in total. The molecule has 0 bridgehead atoms. The number of hydrogen-bond acceptors (Lipinski definition) is 3. The lowest BCUT2D eigenvalue weighted by atomic mass is 10.1. The van der Waals surface area contributed by atoms with E-state index in [4.69, 9.17) is 4.74 Å². The molecule has 92 valence electrons. The molecule has 2 atom stereocenters. The lowest BCUT2D eigenvalue weighted by molar-refractivity contribution is 0.101. The molecule has 0 saturated carbocycles. The zero-order valence-corrected chi connectivity index (χ0v) is 11.6. The van der Waals surface area contributed by atoms with Crippen LogP contribution in [0, 0.1) is 0 Å². The van der Waals surface area contributed by atoms with E-state index < -0.39 is 0 Å². The molecule has 0 aliphatic rings. The number of methoxy groups -OCH3 is 1. The highest BCUT2D eigenvalue weighted by Gasteiger charge is 2.12. The molecular formula is C13H23NOS. The van der Waals surface area contributed by atoms with Crippen LogP contribution in [-0.4, -0.2) is 26.3 Å². The predicted octanol–water partition coefficient (Wildman–Crippen LogP) is 2.87. The molecule has 0 aliphatic heterocycles.